The number of aryl methyl sites for hydroxylation is 1. The van der Waals surface area contributed by atoms with Gasteiger partial charge in [0, 0.05) is 10.2 Å². The molecular weight excluding hydrogens is 378 g/mol. The summed E-state index contributed by atoms with van der Waals surface area (Å²) in [6, 6.07) is 9.83. The highest BCUT2D eigenvalue weighted by Gasteiger charge is 2.17. The number of para-hydroxylation sites is 1. The maximum absolute atomic E-state index is 12.0. The van der Waals surface area contributed by atoms with E-state index in [4.69, 9.17) is 9.47 Å². The molecule has 0 heterocycles. The average molecular weight is 394 g/mol. The van der Waals surface area contributed by atoms with E-state index in [-0.39, 0.29) is 17.1 Å². The molecule has 0 saturated carbocycles. The lowest BCUT2D eigenvalue weighted by Crippen LogP contribution is -2.21. The Hall–Kier alpha value is -2.54. The minimum Gasteiger partial charge on any atom is -0.504 e. The van der Waals surface area contributed by atoms with Crippen LogP contribution in [-0.2, 0) is 9.53 Å². The van der Waals surface area contributed by atoms with Crippen molar-refractivity contribution in [2.75, 3.05) is 19.0 Å². The molecule has 0 aliphatic heterocycles. The third-order valence-corrected chi connectivity index (χ3v) is 3.73. The molecule has 0 atom stereocenters. The Kier molecular flexibility index (Phi) is 5.81. The van der Waals surface area contributed by atoms with Crippen molar-refractivity contribution in [2.24, 2.45) is 0 Å². The Morgan fingerprint density at radius 3 is 2.67 bits per heavy atom. The first-order chi connectivity index (χ1) is 11.4. The predicted octanol–water partition coefficient (Wildman–Crippen LogP) is 3.27. The molecule has 0 radical (unpaired) electrons. The Morgan fingerprint density at radius 1 is 1.25 bits per heavy atom. The van der Waals surface area contributed by atoms with Gasteiger partial charge in [-0.05, 0) is 42.8 Å². The number of ether oxygens (including phenoxy) is 2. The van der Waals surface area contributed by atoms with Gasteiger partial charge in [-0.15, -0.1) is 0 Å². The van der Waals surface area contributed by atoms with Gasteiger partial charge in [0.2, 0.25) is 0 Å². The first kappa shape index (κ1) is 17.8. The molecule has 0 unspecified atom stereocenters. The summed E-state index contributed by atoms with van der Waals surface area (Å²) in [6.45, 7) is 1.38. The number of amides is 1. The van der Waals surface area contributed by atoms with Crippen LogP contribution >= 0.6 is 15.9 Å². The van der Waals surface area contributed by atoms with Crippen molar-refractivity contribution in [3.05, 3.63) is 52.0 Å². The number of hydrogen-bond donors (Lipinski definition) is 2. The van der Waals surface area contributed by atoms with Gasteiger partial charge in [-0.1, -0.05) is 22.0 Å². The van der Waals surface area contributed by atoms with Gasteiger partial charge in [0.1, 0.15) is 5.56 Å². The van der Waals surface area contributed by atoms with E-state index in [9.17, 15) is 14.7 Å². The van der Waals surface area contributed by atoms with E-state index in [1.54, 1.807) is 18.2 Å². The van der Waals surface area contributed by atoms with Gasteiger partial charge >= 0.3 is 5.97 Å². The minimum atomic E-state index is -0.811. The molecule has 0 fully saturated rings. The largest absolute Gasteiger partial charge is 0.504 e. The molecular formula is C17H16BrNO5. The van der Waals surface area contributed by atoms with Crippen molar-refractivity contribution in [3.8, 4) is 11.5 Å². The molecule has 0 aromatic heterocycles. The fourth-order valence-electron chi connectivity index (χ4n) is 2.01. The molecule has 2 rings (SSSR count). The van der Waals surface area contributed by atoms with Gasteiger partial charge in [-0.3, -0.25) is 4.79 Å². The summed E-state index contributed by atoms with van der Waals surface area (Å²) in [6.07, 6.45) is 0. The summed E-state index contributed by atoms with van der Waals surface area (Å²) in [4.78, 5) is 23.9. The summed E-state index contributed by atoms with van der Waals surface area (Å²) in [7, 11) is 1.37. The maximum atomic E-state index is 12.0. The number of benzene rings is 2. The standard InChI is InChI=1S/C17H16BrNO5/c1-10-8-11(18)6-7-13(10)19-15(20)9-24-17(22)12-4-3-5-14(23-2)16(12)21/h3-8,21H,9H2,1-2H3,(H,19,20). The van der Waals surface area contributed by atoms with Crippen LogP contribution in [0, 0.1) is 6.92 Å². The Labute approximate surface area is 147 Å². The number of phenolic OH excluding ortho intramolecular Hbond substituents is 1. The second-order valence-electron chi connectivity index (χ2n) is 4.94. The van der Waals surface area contributed by atoms with Crippen LogP contribution in [-0.4, -0.2) is 30.7 Å². The van der Waals surface area contributed by atoms with E-state index in [2.05, 4.69) is 21.2 Å². The molecule has 2 aromatic rings. The van der Waals surface area contributed by atoms with Crippen LogP contribution < -0.4 is 10.1 Å². The van der Waals surface area contributed by atoms with E-state index in [0.717, 1.165) is 10.0 Å². The lowest BCUT2D eigenvalue weighted by Gasteiger charge is -2.10. The molecule has 2 aromatic carbocycles. The highest BCUT2D eigenvalue weighted by atomic mass is 79.9. The van der Waals surface area contributed by atoms with Crippen LogP contribution in [0.1, 0.15) is 15.9 Å². The molecule has 126 valence electrons. The van der Waals surface area contributed by atoms with Crippen molar-refractivity contribution in [2.45, 2.75) is 6.92 Å². The van der Waals surface area contributed by atoms with Crippen molar-refractivity contribution in [1.29, 1.82) is 0 Å². The van der Waals surface area contributed by atoms with Gasteiger partial charge in [0.05, 0.1) is 7.11 Å². The van der Waals surface area contributed by atoms with E-state index in [1.807, 2.05) is 13.0 Å². The van der Waals surface area contributed by atoms with Crippen LogP contribution in [0.4, 0.5) is 5.69 Å². The number of carbonyl (C=O) groups is 2. The molecule has 0 aliphatic carbocycles. The van der Waals surface area contributed by atoms with Crippen molar-refractivity contribution in [1.82, 2.24) is 0 Å². The molecule has 24 heavy (non-hydrogen) atoms. The summed E-state index contributed by atoms with van der Waals surface area (Å²) in [5.41, 5.74) is 1.43. The van der Waals surface area contributed by atoms with Gasteiger partial charge in [-0.25, -0.2) is 4.79 Å². The smallest absolute Gasteiger partial charge is 0.342 e. The Morgan fingerprint density at radius 2 is 2.00 bits per heavy atom. The first-order valence-electron chi connectivity index (χ1n) is 7.01. The zero-order chi connectivity index (χ0) is 17.7. The van der Waals surface area contributed by atoms with Gasteiger partial charge < -0.3 is 19.9 Å². The number of halogens is 1. The van der Waals surface area contributed by atoms with Gasteiger partial charge in [0.15, 0.2) is 18.1 Å². The lowest BCUT2D eigenvalue weighted by molar-refractivity contribution is -0.119. The molecule has 6 nitrogen and oxygen atoms in total. The first-order valence-corrected chi connectivity index (χ1v) is 7.80. The minimum absolute atomic E-state index is 0.0676. The molecule has 7 heteroatoms. The summed E-state index contributed by atoms with van der Waals surface area (Å²) < 4.78 is 10.8. The van der Waals surface area contributed by atoms with Crippen LogP contribution in [0.2, 0.25) is 0 Å². The fraction of sp³-hybridized carbons (Fsp3) is 0.176. The van der Waals surface area contributed by atoms with E-state index in [1.165, 1.54) is 19.2 Å². The van der Waals surface area contributed by atoms with Crippen LogP contribution in [0.3, 0.4) is 0 Å². The zero-order valence-corrected chi connectivity index (χ0v) is 14.7. The predicted molar refractivity (Wildman–Crippen MR) is 92.5 cm³/mol. The van der Waals surface area contributed by atoms with Crippen molar-refractivity contribution < 1.29 is 24.2 Å². The molecule has 2 N–H and O–H groups in total. The molecule has 0 bridgehead atoms. The fourth-order valence-corrected chi connectivity index (χ4v) is 2.49. The Balaban J connectivity index is 1.97. The number of phenols is 1. The number of rotatable bonds is 5. The molecule has 0 spiro atoms. The third kappa shape index (κ3) is 4.26. The van der Waals surface area contributed by atoms with E-state index in [0.29, 0.717) is 5.69 Å². The van der Waals surface area contributed by atoms with Gasteiger partial charge in [-0.2, -0.15) is 0 Å². The number of nitrogens with one attached hydrogen (secondary N) is 1. The highest BCUT2D eigenvalue weighted by molar-refractivity contribution is 9.10. The van der Waals surface area contributed by atoms with Crippen molar-refractivity contribution in [3.63, 3.8) is 0 Å². The average Bonchev–Trinajstić information content (AvgIpc) is 2.55. The van der Waals surface area contributed by atoms with E-state index >= 15 is 0 Å². The van der Waals surface area contributed by atoms with Crippen LogP contribution in [0.5, 0.6) is 11.5 Å². The highest BCUT2D eigenvalue weighted by Crippen LogP contribution is 2.29. The lowest BCUT2D eigenvalue weighted by atomic mass is 10.2. The SMILES string of the molecule is COc1cccc(C(=O)OCC(=O)Nc2ccc(Br)cc2C)c1O. The number of anilines is 1. The zero-order valence-electron chi connectivity index (χ0n) is 13.1. The number of hydrogen-bond acceptors (Lipinski definition) is 5. The Bertz CT molecular complexity index is 776. The topological polar surface area (TPSA) is 84.9 Å². The van der Waals surface area contributed by atoms with Crippen LogP contribution in [0.15, 0.2) is 40.9 Å². The second kappa shape index (κ2) is 7.83. The third-order valence-electron chi connectivity index (χ3n) is 3.24. The maximum Gasteiger partial charge on any atom is 0.342 e. The monoisotopic (exact) mass is 393 g/mol. The number of esters is 1. The van der Waals surface area contributed by atoms with Gasteiger partial charge in [0.25, 0.3) is 5.91 Å². The van der Waals surface area contributed by atoms with E-state index < -0.39 is 18.5 Å². The summed E-state index contributed by atoms with van der Waals surface area (Å²) >= 11 is 3.34. The number of aromatic hydroxyl groups is 1. The number of methoxy groups -OCH3 is 1. The van der Waals surface area contributed by atoms with Crippen molar-refractivity contribution >= 4 is 33.5 Å². The normalized spacial score (nSPS) is 10.1. The summed E-state index contributed by atoms with van der Waals surface area (Å²) in [5, 5.41) is 12.5. The number of carbonyl (C=O) groups excluding carboxylic acids is 2. The van der Waals surface area contributed by atoms with Crippen LogP contribution in [0.25, 0.3) is 0 Å². The quantitative estimate of drug-likeness (QED) is 0.761. The summed E-state index contributed by atoms with van der Waals surface area (Å²) in [5.74, 6) is -1.46. The second-order valence-corrected chi connectivity index (χ2v) is 5.86. The molecule has 0 aliphatic rings. The molecule has 0 saturated heterocycles. The molecule has 1 amide bonds.